The molecule has 0 N–H and O–H groups in total. The van der Waals surface area contributed by atoms with Gasteiger partial charge in [0.2, 0.25) is 10.0 Å². The Morgan fingerprint density at radius 1 is 1.14 bits per heavy atom. The van der Waals surface area contributed by atoms with E-state index in [1.165, 1.54) is 16.4 Å². The van der Waals surface area contributed by atoms with E-state index in [9.17, 15) is 13.2 Å². The second kappa shape index (κ2) is 9.02. The van der Waals surface area contributed by atoms with E-state index in [1.54, 1.807) is 30.3 Å². The Balaban J connectivity index is 1.66. The van der Waals surface area contributed by atoms with Crippen LogP contribution in [0.4, 0.5) is 0 Å². The highest BCUT2D eigenvalue weighted by Crippen LogP contribution is 2.19. The van der Waals surface area contributed by atoms with E-state index < -0.39 is 10.0 Å². The van der Waals surface area contributed by atoms with Crippen LogP contribution >= 0.6 is 0 Å². The second-order valence-corrected chi connectivity index (χ2v) is 9.57. The highest BCUT2D eigenvalue weighted by atomic mass is 32.2. The molecule has 0 spiro atoms. The van der Waals surface area contributed by atoms with Crippen LogP contribution in [-0.4, -0.2) is 72.7 Å². The lowest BCUT2D eigenvalue weighted by molar-refractivity contribution is 0.0628. The van der Waals surface area contributed by atoms with Gasteiger partial charge in [-0.1, -0.05) is 12.1 Å². The minimum absolute atomic E-state index is 0.129. The van der Waals surface area contributed by atoms with Crippen LogP contribution in [0.25, 0.3) is 0 Å². The third kappa shape index (κ3) is 5.01. The second-order valence-electron chi connectivity index (χ2n) is 7.57. The SMILES string of the molecule is CC(C)N(C)S(=O)(=O)c1cccc(C(=O)N2CCN(Cc3cccnc3)CC2)c1. The number of hydrogen-bond acceptors (Lipinski definition) is 5. The van der Waals surface area contributed by atoms with E-state index >= 15 is 0 Å². The zero-order chi connectivity index (χ0) is 21.0. The number of aromatic nitrogens is 1. The van der Waals surface area contributed by atoms with Crippen molar-refractivity contribution in [3.63, 3.8) is 0 Å². The molecule has 2 heterocycles. The van der Waals surface area contributed by atoms with E-state index in [0.29, 0.717) is 18.7 Å². The number of pyridine rings is 1. The molecular formula is C21H28N4O3S. The van der Waals surface area contributed by atoms with Crippen molar-refractivity contribution in [1.29, 1.82) is 0 Å². The van der Waals surface area contributed by atoms with Gasteiger partial charge in [0.25, 0.3) is 5.91 Å². The summed E-state index contributed by atoms with van der Waals surface area (Å²) in [6, 6.07) is 10.1. The predicted octanol–water partition coefficient (Wildman–Crippen LogP) is 2.07. The van der Waals surface area contributed by atoms with Crippen molar-refractivity contribution < 1.29 is 13.2 Å². The van der Waals surface area contributed by atoms with Crippen LogP contribution < -0.4 is 0 Å². The zero-order valence-corrected chi connectivity index (χ0v) is 18.0. The van der Waals surface area contributed by atoms with E-state index in [2.05, 4.69) is 9.88 Å². The quantitative estimate of drug-likeness (QED) is 0.721. The molecular weight excluding hydrogens is 388 g/mol. The summed E-state index contributed by atoms with van der Waals surface area (Å²) in [7, 11) is -2.07. The highest BCUT2D eigenvalue weighted by Gasteiger charge is 2.26. The molecule has 3 rings (SSSR count). The number of piperazine rings is 1. The first kappa shape index (κ1) is 21.4. The van der Waals surface area contributed by atoms with Crippen LogP contribution in [0.5, 0.6) is 0 Å². The normalized spacial score (nSPS) is 15.8. The minimum atomic E-state index is -3.62. The summed E-state index contributed by atoms with van der Waals surface area (Å²) in [6.07, 6.45) is 3.62. The smallest absolute Gasteiger partial charge is 0.253 e. The number of rotatable bonds is 6. The molecule has 0 radical (unpaired) electrons. The van der Waals surface area contributed by atoms with Crippen LogP contribution in [0.3, 0.4) is 0 Å². The molecule has 1 aromatic heterocycles. The molecule has 0 bridgehead atoms. The molecule has 1 saturated heterocycles. The first-order valence-corrected chi connectivity index (χ1v) is 11.2. The molecule has 29 heavy (non-hydrogen) atoms. The summed E-state index contributed by atoms with van der Waals surface area (Å²) in [5.41, 5.74) is 1.56. The van der Waals surface area contributed by atoms with Crippen LogP contribution in [0.15, 0.2) is 53.7 Å². The van der Waals surface area contributed by atoms with Gasteiger partial charge in [0.05, 0.1) is 4.90 Å². The number of benzene rings is 1. The average Bonchev–Trinajstić information content (AvgIpc) is 2.74. The molecule has 1 amide bonds. The van der Waals surface area contributed by atoms with Gasteiger partial charge < -0.3 is 4.90 Å². The fourth-order valence-corrected chi connectivity index (χ4v) is 4.69. The Hall–Kier alpha value is -2.29. The number of amides is 1. The molecule has 1 aliphatic heterocycles. The van der Waals surface area contributed by atoms with Crippen molar-refractivity contribution >= 4 is 15.9 Å². The minimum Gasteiger partial charge on any atom is -0.336 e. The molecule has 2 aromatic rings. The lowest BCUT2D eigenvalue weighted by Gasteiger charge is -2.34. The summed E-state index contributed by atoms with van der Waals surface area (Å²) in [4.78, 5) is 21.3. The third-order valence-corrected chi connectivity index (χ3v) is 7.30. The molecule has 0 unspecified atom stereocenters. The summed E-state index contributed by atoms with van der Waals surface area (Å²) in [6.45, 7) is 7.22. The molecule has 0 atom stereocenters. The molecule has 0 saturated carbocycles. The number of hydrogen-bond donors (Lipinski definition) is 0. The van der Waals surface area contributed by atoms with E-state index in [4.69, 9.17) is 0 Å². The lowest BCUT2D eigenvalue weighted by atomic mass is 10.1. The topological polar surface area (TPSA) is 73.8 Å². The Labute approximate surface area is 173 Å². The van der Waals surface area contributed by atoms with Crippen molar-refractivity contribution in [2.75, 3.05) is 33.2 Å². The Kier molecular flexibility index (Phi) is 6.66. The fourth-order valence-electron chi connectivity index (χ4n) is 3.27. The number of sulfonamides is 1. The van der Waals surface area contributed by atoms with E-state index in [0.717, 1.165) is 25.2 Å². The van der Waals surface area contributed by atoms with E-state index in [-0.39, 0.29) is 16.8 Å². The Morgan fingerprint density at radius 3 is 2.48 bits per heavy atom. The third-order valence-electron chi connectivity index (χ3n) is 5.27. The van der Waals surface area contributed by atoms with Crippen molar-refractivity contribution in [3.8, 4) is 0 Å². The maximum atomic E-state index is 12.9. The van der Waals surface area contributed by atoms with E-state index in [1.807, 2.05) is 32.2 Å². The summed E-state index contributed by atoms with van der Waals surface area (Å²) in [5.74, 6) is -0.129. The molecule has 7 nitrogen and oxygen atoms in total. The molecule has 0 aliphatic carbocycles. The van der Waals surface area contributed by atoms with Gasteiger partial charge in [-0.15, -0.1) is 0 Å². The fraction of sp³-hybridized carbons (Fsp3) is 0.429. The monoisotopic (exact) mass is 416 g/mol. The molecule has 1 aliphatic rings. The standard InChI is InChI=1S/C21H28N4O3S/c1-17(2)23(3)29(27,28)20-8-4-7-19(14-20)21(26)25-12-10-24(11-13-25)16-18-6-5-9-22-15-18/h4-9,14-15,17H,10-13,16H2,1-3H3. The predicted molar refractivity (Wildman–Crippen MR) is 112 cm³/mol. The van der Waals surface area contributed by atoms with Gasteiger partial charge in [0.1, 0.15) is 0 Å². The van der Waals surface area contributed by atoms with Gasteiger partial charge in [0.15, 0.2) is 0 Å². The molecule has 8 heteroatoms. The Bertz CT molecular complexity index is 939. The van der Waals surface area contributed by atoms with Crippen LogP contribution in [0.1, 0.15) is 29.8 Å². The maximum Gasteiger partial charge on any atom is 0.253 e. The van der Waals surface area contributed by atoms with Crippen molar-refractivity contribution in [3.05, 3.63) is 59.9 Å². The van der Waals surface area contributed by atoms with Crippen LogP contribution in [0, 0.1) is 0 Å². The van der Waals surface area contributed by atoms with Gasteiger partial charge in [-0.25, -0.2) is 8.42 Å². The van der Waals surface area contributed by atoms with Crippen LogP contribution in [0.2, 0.25) is 0 Å². The molecule has 156 valence electrons. The zero-order valence-electron chi connectivity index (χ0n) is 17.2. The number of carbonyl (C=O) groups excluding carboxylic acids is 1. The first-order valence-electron chi connectivity index (χ1n) is 9.77. The van der Waals surface area contributed by atoms with Gasteiger partial charge in [-0.2, -0.15) is 4.31 Å². The largest absolute Gasteiger partial charge is 0.336 e. The van der Waals surface area contributed by atoms with Crippen LogP contribution in [-0.2, 0) is 16.6 Å². The van der Waals surface area contributed by atoms with Crippen molar-refractivity contribution in [2.24, 2.45) is 0 Å². The van der Waals surface area contributed by atoms with Gasteiger partial charge in [-0.05, 0) is 43.7 Å². The van der Waals surface area contributed by atoms with Gasteiger partial charge in [-0.3, -0.25) is 14.7 Å². The van der Waals surface area contributed by atoms with Gasteiger partial charge in [0, 0.05) is 63.8 Å². The maximum absolute atomic E-state index is 12.9. The Morgan fingerprint density at radius 2 is 1.86 bits per heavy atom. The molecule has 1 fully saturated rings. The van der Waals surface area contributed by atoms with Gasteiger partial charge >= 0.3 is 0 Å². The number of nitrogens with zero attached hydrogens (tertiary/aromatic N) is 4. The highest BCUT2D eigenvalue weighted by molar-refractivity contribution is 7.89. The summed E-state index contributed by atoms with van der Waals surface area (Å²) < 4.78 is 26.8. The first-order chi connectivity index (χ1) is 13.8. The lowest BCUT2D eigenvalue weighted by Crippen LogP contribution is -2.48. The average molecular weight is 417 g/mol. The van der Waals surface area contributed by atoms with Crippen molar-refractivity contribution in [1.82, 2.24) is 19.1 Å². The number of carbonyl (C=O) groups is 1. The summed E-state index contributed by atoms with van der Waals surface area (Å²) >= 11 is 0. The van der Waals surface area contributed by atoms with Crippen molar-refractivity contribution in [2.45, 2.75) is 31.3 Å². The summed E-state index contributed by atoms with van der Waals surface area (Å²) in [5, 5.41) is 0. The molecule has 1 aromatic carbocycles.